The van der Waals surface area contributed by atoms with Crippen molar-refractivity contribution in [1.82, 2.24) is 0 Å². The second-order valence-corrected chi connectivity index (χ2v) is 24.2. The molecule has 4 aliphatic rings. The molecule has 0 aromatic heterocycles. The Labute approximate surface area is 219 Å². The number of fused-ring (bicyclic) bond motifs is 2. The van der Waals surface area contributed by atoms with Crippen LogP contribution in [0.4, 0.5) is 0 Å². The lowest BCUT2D eigenvalue weighted by atomic mass is 9.64. The standard InChI is InChI=1S/C28H44N2O4Si2/c1-24(2,3)35(8,9)33-20-12-13-27(34-36(10,11)25(4,5)6)22(15-20)28-17-26(18-29,30-7)16-19(28)14-21(32-28)23(27)31/h12,19,21-22H,13-17H2,1-6,8-11H3/t19-,21-,22-,26?,27-,28+/m1/s1. The highest BCUT2D eigenvalue weighted by Crippen LogP contribution is 2.66. The fourth-order valence-corrected chi connectivity index (χ4v) is 9.07. The molecular formula is C28H44N2O4Si2. The van der Waals surface area contributed by atoms with Crippen molar-refractivity contribution < 1.29 is 18.4 Å². The molecule has 0 aromatic carbocycles. The van der Waals surface area contributed by atoms with Crippen molar-refractivity contribution in [2.75, 3.05) is 0 Å². The highest BCUT2D eigenvalue weighted by Gasteiger charge is 2.76. The van der Waals surface area contributed by atoms with Crippen LogP contribution in [0.1, 0.15) is 73.6 Å². The molecule has 2 bridgehead atoms. The van der Waals surface area contributed by atoms with E-state index in [2.05, 4.69) is 84.7 Å². The summed E-state index contributed by atoms with van der Waals surface area (Å²) in [5.41, 5.74) is -2.80. The molecule has 6 atom stereocenters. The lowest BCUT2D eigenvalue weighted by molar-refractivity contribution is -0.207. The van der Waals surface area contributed by atoms with E-state index in [1.807, 2.05) is 0 Å². The molecule has 0 aromatic rings. The first-order valence-electron chi connectivity index (χ1n) is 13.4. The number of carbonyl (C=O) groups is 1. The summed E-state index contributed by atoms with van der Waals surface area (Å²) in [7, 11) is -4.44. The van der Waals surface area contributed by atoms with Gasteiger partial charge < -0.3 is 13.6 Å². The van der Waals surface area contributed by atoms with E-state index in [-0.39, 0.29) is 27.7 Å². The van der Waals surface area contributed by atoms with Gasteiger partial charge in [0.15, 0.2) is 20.2 Å². The first-order valence-corrected chi connectivity index (χ1v) is 19.2. The van der Waals surface area contributed by atoms with E-state index in [0.717, 1.165) is 5.76 Å². The van der Waals surface area contributed by atoms with E-state index < -0.39 is 39.5 Å². The Kier molecular flexibility index (Phi) is 6.15. The zero-order valence-electron chi connectivity index (χ0n) is 23.9. The summed E-state index contributed by atoms with van der Waals surface area (Å²) in [5.74, 6) is 0.720. The summed E-state index contributed by atoms with van der Waals surface area (Å²) in [6.07, 6.45) is 4.00. The van der Waals surface area contributed by atoms with Gasteiger partial charge in [0.25, 0.3) is 0 Å². The molecular weight excluding hydrogens is 484 g/mol. The number of ketones is 1. The molecule has 1 unspecified atom stereocenters. The van der Waals surface area contributed by atoms with Gasteiger partial charge in [-0.05, 0) is 48.8 Å². The zero-order valence-corrected chi connectivity index (χ0v) is 25.9. The van der Waals surface area contributed by atoms with Crippen molar-refractivity contribution in [2.24, 2.45) is 11.8 Å². The molecule has 2 aliphatic heterocycles. The summed E-state index contributed by atoms with van der Waals surface area (Å²) in [5, 5.41) is 10.0. The molecule has 0 N–H and O–H groups in total. The number of Topliss-reactive ketones (excluding diaryl/α,β-unsaturated/α-hetero) is 1. The third-order valence-electron chi connectivity index (χ3n) is 10.5. The van der Waals surface area contributed by atoms with Crippen LogP contribution in [0.15, 0.2) is 11.8 Å². The van der Waals surface area contributed by atoms with Gasteiger partial charge in [-0.1, -0.05) is 41.5 Å². The van der Waals surface area contributed by atoms with E-state index in [1.165, 1.54) is 0 Å². The van der Waals surface area contributed by atoms with Crippen LogP contribution in [0, 0.1) is 29.7 Å². The molecule has 4 rings (SSSR count). The number of hydrogen-bond donors (Lipinski definition) is 0. The Morgan fingerprint density at radius 3 is 2.28 bits per heavy atom. The third-order valence-corrected chi connectivity index (χ3v) is 19.3. The highest BCUT2D eigenvalue weighted by molar-refractivity contribution is 6.74. The maximum Gasteiger partial charge on any atom is 0.318 e. The van der Waals surface area contributed by atoms with E-state index in [4.69, 9.17) is 20.2 Å². The van der Waals surface area contributed by atoms with E-state index in [9.17, 15) is 10.1 Å². The summed E-state index contributed by atoms with van der Waals surface area (Å²) in [6.45, 7) is 30.0. The predicted molar refractivity (Wildman–Crippen MR) is 145 cm³/mol. The smallest absolute Gasteiger partial charge is 0.318 e. The summed E-state index contributed by atoms with van der Waals surface area (Å²) in [6, 6.07) is 2.32. The van der Waals surface area contributed by atoms with Gasteiger partial charge in [0.2, 0.25) is 8.32 Å². The van der Waals surface area contributed by atoms with Crippen molar-refractivity contribution in [1.29, 1.82) is 5.26 Å². The van der Waals surface area contributed by atoms with Crippen LogP contribution in [-0.4, -0.2) is 45.3 Å². The normalized spacial score (nSPS) is 38.5. The largest absolute Gasteiger partial charge is 0.547 e. The number of nitriles is 1. The number of allylic oxidation sites excluding steroid dienone is 1. The molecule has 0 radical (unpaired) electrons. The summed E-state index contributed by atoms with van der Waals surface area (Å²) >= 11 is 0. The fraction of sp³-hybridized carbons (Fsp3) is 0.821. The average Bonchev–Trinajstić information content (AvgIpc) is 3.22. The summed E-state index contributed by atoms with van der Waals surface area (Å²) in [4.78, 5) is 18.0. The van der Waals surface area contributed by atoms with Gasteiger partial charge in [0.1, 0.15) is 11.7 Å². The number of hydrogen-bond acceptors (Lipinski definition) is 5. The Bertz CT molecular complexity index is 1060. The average molecular weight is 529 g/mol. The van der Waals surface area contributed by atoms with Crippen molar-refractivity contribution in [3.63, 3.8) is 0 Å². The van der Waals surface area contributed by atoms with Crippen molar-refractivity contribution in [3.8, 4) is 6.07 Å². The van der Waals surface area contributed by atoms with Crippen molar-refractivity contribution >= 4 is 22.4 Å². The monoisotopic (exact) mass is 528 g/mol. The lowest BCUT2D eigenvalue weighted by Gasteiger charge is -2.57. The van der Waals surface area contributed by atoms with Crippen LogP contribution < -0.4 is 0 Å². The Hall–Kier alpha value is -1.46. The van der Waals surface area contributed by atoms with Crippen LogP contribution in [0.25, 0.3) is 4.85 Å². The minimum absolute atomic E-state index is 0.00214. The molecule has 2 saturated heterocycles. The molecule has 1 saturated carbocycles. The van der Waals surface area contributed by atoms with Gasteiger partial charge in [0.05, 0.1) is 17.8 Å². The van der Waals surface area contributed by atoms with Gasteiger partial charge >= 0.3 is 5.54 Å². The Morgan fingerprint density at radius 1 is 1.14 bits per heavy atom. The molecule has 1 spiro atoms. The van der Waals surface area contributed by atoms with Gasteiger partial charge in [-0.3, -0.25) is 9.64 Å². The first kappa shape index (κ1) is 27.6. The molecule has 36 heavy (non-hydrogen) atoms. The van der Waals surface area contributed by atoms with E-state index in [0.29, 0.717) is 32.1 Å². The molecule has 8 heteroatoms. The van der Waals surface area contributed by atoms with Gasteiger partial charge in [-0.15, -0.1) is 0 Å². The van der Waals surface area contributed by atoms with Gasteiger partial charge in [0, 0.05) is 31.1 Å². The minimum atomic E-state index is -2.34. The van der Waals surface area contributed by atoms with Crippen LogP contribution in [0.2, 0.25) is 36.3 Å². The minimum Gasteiger partial charge on any atom is -0.547 e. The van der Waals surface area contributed by atoms with Crippen molar-refractivity contribution in [2.45, 2.75) is 133 Å². The van der Waals surface area contributed by atoms with Crippen LogP contribution >= 0.6 is 0 Å². The number of nitrogens with zero attached hydrogens (tertiary/aromatic N) is 2. The van der Waals surface area contributed by atoms with E-state index in [1.54, 1.807) is 0 Å². The van der Waals surface area contributed by atoms with Crippen LogP contribution in [0.5, 0.6) is 0 Å². The molecule has 0 amide bonds. The Balaban J connectivity index is 1.83. The molecule has 3 fully saturated rings. The predicted octanol–water partition coefficient (Wildman–Crippen LogP) is 6.76. The molecule has 2 aliphatic carbocycles. The number of carbonyl (C=O) groups excluding carboxylic acids is 1. The quantitative estimate of drug-likeness (QED) is 0.297. The SMILES string of the molecule is [C-]#[N+]C1(C#N)C[C@H]2C[C@H]3O[C@]2(C1)[C@@H]1CC(O[Si](C)(C)C(C)(C)C)=CC[C@]1(O[Si](C)(C)C(C)(C)C)C3=O. The van der Waals surface area contributed by atoms with Crippen LogP contribution in [-0.2, 0) is 18.4 Å². The second kappa shape index (κ2) is 8.02. The highest BCUT2D eigenvalue weighted by atomic mass is 28.4. The fourth-order valence-electron chi connectivity index (χ4n) is 6.40. The Morgan fingerprint density at radius 2 is 1.75 bits per heavy atom. The third kappa shape index (κ3) is 3.86. The lowest BCUT2D eigenvalue weighted by Crippen LogP contribution is -2.68. The summed E-state index contributed by atoms with van der Waals surface area (Å²) < 4.78 is 20.6. The number of ether oxygens (including phenoxy) is 1. The first-order chi connectivity index (χ1) is 16.3. The second-order valence-electron chi connectivity index (χ2n) is 14.7. The zero-order chi connectivity index (χ0) is 27.2. The number of rotatable bonds is 4. The molecule has 198 valence electrons. The topological polar surface area (TPSA) is 72.9 Å². The maximum atomic E-state index is 14.2. The van der Waals surface area contributed by atoms with Crippen LogP contribution in [0.3, 0.4) is 0 Å². The van der Waals surface area contributed by atoms with E-state index >= 15 is 0 Å². The van der Waals surface area contributed by atoms with Gasteiger partial charge in [-0.2, -0.15) is 5.26 Å². The van der Waals surface area contributed by atoms with Crippen molar-refractivity contribution in [3.05, 3.63) is 23.3 Å². The maximum absolute atomic E-state index is 14.2. The van der Waals surface area contributed by atoms with Gasteiger partial charge in [-0.25, -0.2) is 6.57 Å². The molecule has 6 nitrogen and oxygen atoms in total. The molecule has 2 heterocycles.